The Kier molecular flexibility index (Phi) is 3.66. The average molecular weight is 274 g/mol. The molecule has 0 aliphatic heterocycles. The molecule has 100 valence electrons. The van der Waals surface area contributed by atoms with Gasteiger partial charge in [-0.1, -0.05) is 0 Å². The second kappa shape index (κ2) is 4.56. The Bertz CT molecular complexity index is 578. The van der Waals surface area contributed by atoms with Crippen LogP contribution in [0.1, 0.15) is 35.0 Å². The minimum atomic E-state index is -3.59. The quantitative estimate of drug-likeness (QED) is 0.602. The highest BCUT2D eigenvalue weighted by Crippen LogP contribution is 2.23. The molecule has 0 aliphatic carbocycles. The molecule has 0 aliphatic rings. The number of hydrogen-bond acceptors (Lipinski definition) is 6. The van der Waals surface area contributed by atoms with Crippen LogP contribution in [0.25, 0.3) is 0 Å². The van der Waals surface area contributed by atoms with Crippen LogP contribution in [-0.4, -0.2) is 38.3 Å². The van der Waals surface area contributed by atoms with Crippen molar-refractivity contribution in [1.29, 1.82) is 0 Å². The van der Waals surface area contributed by atoms with Crippen molar-refractivity contribution in [2.24, 2.45) is 0 Å². The normalized spacial score (nSPS) is 12.2. The lowest BCUT2D eigenvalue weighted by Gasteiger charge is -2.19. The molecule has 0 spiro atoms. The molecule has 1 heterocycles. The molecule has 1 aromatic rings. The van der Waals surface area contributed by atoms with Gasteiger partial charge in [0, 0.05) is 6.26 Å². The van der Waals surface area contributed by atoms with Crippen LogP contribution in [0.5, 0.6) is 0 Å². The molecular weight excluding hydrogens is 260 g/mol. The number of ether oxygens (including phenoxy) is 1. The largest absolute Gasteiger partial charge is 0.463 e. The zero-order valence-electron chi connectivity index (χ0n) is 10.5. The van der Waals surface area contributed by atoms with E-state index in [-0.39, 0.29) is 11.5 Å². The second-order valence-corrected chi connectivity index (χ2v) is 6.83. The zero-order valence-corrected chi connectivity index (χ0v) is 11.3. The number of ketones is 1. The first-order valence-corrected chi connectivity index (χ1v) is 6.93. The standard InChI is InChI=1S/C11H14O6S/c1-11(2,18(4,14)15)9(12)7-5-6-8(17-7)10(13)16-3/h5-6H,1-4H3. The molecule has 0 unspecified atom stereocenters. The molecular formula is C11H14O6S. The number of methoxy groups -OCH3 is 1. The first-order chi connectivity index (χ1) is 8.11. The number of furan rings is 1. The van der Waals surface area contributed by atoms with E-state index in [4.69, 9.17) is 4.42 Å². The van der Waals surface area contributed by atoms with E-state index in [2.05, 4.69) is 4.74 Å². The monoisotopic (exact) mass is 274 g/mol. The molecule has 7 heteroatoms. The third-order valence-corrected chi connectivity index (χ3v) is 4.73. The Hall–Kier alpha value is -1.63. The number of esters is 1. The van der Waals surface area contributed by atoms with Crippen LogP contribution in [0.3, 0.4) is 0 Å². The van der Waals surface area contributed by atoms with Crippen molar-refractivity contribution < 1.29 is 27.2 Å². The number of Topliss-reactive ketones (excluding diaryl/α,β-unsaturated/α-hetero) is 1. The molecule has 6 nitrogen and oxygen atoms in total. The summed E-state index contributed by atoms with van der Waals surface area (Å²) in [6.45, 7) is 2.57. The number of hydrogen-bond donors (Lipinski definition) is 0. The molecule has 0 aromatic carbocycles. The van der Waals surface area contributed by atoms with Gasteiger partial charge in [0.15, 0.2) is 15.6 Å². The van der Waals surface area contributed by atoms with Gasteiger partial charge < -0.3 is 9.15 Å². The molecule has 0 amide bonds. The summed E-state index contributed by atoms with van der Waals surface area (Å²) in [6, 6.07) is 2.51. The number of carbonyl (C=O) groups is 2. The molecule has 0 saturated carbocycles. The molecule has 1 aromatic heterocycles. The van der Waals surface area contributed by atoms with E-state index >= 15 is 0 Å². The van der Waals surface area contributed by atoms with E-state index in [0.717, 1.165) is 6.26 Å². The van der Waals surface area contributed by atoms with Crippen molar-refractivity contribution in [3.05, 3.63) is 23.7 Å². The Morgan fingerprint density at radius 2 is 1.72 bits per heavy atom. The maximum Gasteiger partial charge on any atom is 0.373 e. The topological polar surface area (TPSA) is 90.7 Å². The average Bonchev–Trinajstić information content (AvgIpc) is 2.74. The first kappa shape index (κ1) is 14.4. The van der Waals surface area contributed by atoms with Crippen molar-refractivity contribution in [2.75, 3.05) is 13.4 Å². The van der Waals surface area contributed by atoms with Crippen molar-refractivity contribution in [2.45, 2.75) is 18.6 Å². The lowest BCUT2D eigenvalue weighted by molar-refractivity contribution is 0.0562. The fourth-order valence-corrected chi connectivity index (χ4v) is 1.57. The van der Waals surface area contributed by atoms with Crippen LogP contribution >= 0.6 is 0 Å². The summed E-state index contributed by atoms with van der Waals surface area (Å²) in [5.41, 5.74) is 0. The highest BCUT2D eigenvalue weighted by Gasteiger charge is 2.40. The Morgan fingerprint density at radius 1 is 1.22 bits per heavy atom. The fourth-order valence-electron chi connectivity index (χ4n) is 1.14. The predicted octanol–water partition coefficient (Wildman–Crippen LogP) is 1.07. The van der Waals surface area contributed by atoms with Crippen LogP contribution in [0.2, 0.25) is 0 Å². The van der Waals surface area contributed by atoms with Gasteiger partial charge in [-0.2, -0.15) is 0 Å². The molecule has 0 fully saturated rings. The van der Waals surface area contributed by atoms with Crippen LogP contribution in [0, 0.1) is 0 Å². The third kappa shape index (κ3) is 2.45. The van der Waals surface area contributed by atoms with Crippen molar-refractivity contribution >= 4 is 21.6 Å². The summed E-state index contributed by atoms with van der Waals surface area (Å²) in [7, 11) is -2.42. The number of carbonyl (C=O) groups excluding carboxylic acids is 2. The zero-order chi connectivity index (χ0) is 14.1. The van der Waals surface area contributed by atoms with E-state index < -0.39 is 26.3 Å². The third-order valence-electron chi connectivity index (χ3n) is 2.69. The second-order valence-electron chi connectivity index (χ2n) is 4.27. The van der Waals surface area contributed by atoms with Gasteiger partial charge in [0.2, 0.25) is 11.5 Å². The van der Waals surface area contributed by atoms with E-state index in [1.165, 1.54) is 33.1 Å². The molecule has 0 N–H and O–H groups in total. The first-order valence-electron chi connectivity index (χ1n) is 5.04. The molecule has 0 bridgehead atoms. The molecule has 1 rings (SSSR count). The van der Waals surface area contributed by atoms with Gasteiger partial charge in [-0.05, 0) is 26.0 Å². The maximum atomic E-state index is 12.0. The smallest absolute Gasteiger partial charge is 0.373 e. The van der Waals surface area contributed by atoms with Gasteiger partial charge in [0.25, 0.3) is 0 Å². The fraction of sp³-hybridized carbons (Fsp3) is 0.455. The van der Waals surface area contributed by atoms with Crippen molar-refractivity contribution in [3.63, 3.8) is 0 Å². The van der Waals surface area contributed by atoms with Crippen molar-refractivity contribution in [3.8, 4) is 0 Å². The highest BCUT2D eigenvalue weighted by atomic mass is 32.2. The van der Waals surface area contributed by atoms with Crippen LogP contribution in [0.4, 0.5) is 0 Å². The van der Waals surface area contributed by atoms with E-state index in [1.807, 2.05) is 0 Å². The highest BCUT2D eigenvalue weighted by molar-refractivity contribution is 7.92. The maximum absolute atomic E-state index is 12.0. The Balaban J connectivity index is 3.14. The van der Waals surface area contributed by atoms with Gasteiger partial charge in [-0.3, -0.25) is 4.79 Å². The van der Waals surface area contributed by atoms with Gasteiger partial charge in [-0.15, -0.1) is 0 Å². The lowest BCUT2D eigenvalue weighted by atomic mass is 10.1. The number of rotatable bonds is 4. The number of sulfone groups is 1. The van der Waals surface area contributed by atoms with E-state index in [0.29, 0.717) is 0 Å². The SMILES string of the molecule is COC(=O)c1ccc(C(=O)C(C)(C)S(C)(=O)=O)o1. The minimum absolute atomic E-state index is 0.148. The predicted molar refractivity (Wildman–Crippen MR) is 63.3 cm³/mol. The molecule has 0 radical (unpaired) electrons. The summed E-state index contributed by atoms with van der Waals surface area (Å²) < 4.78 is 30.8. The van der Waals surface area contributed by atoms with Gasteiger partial charge in [0.05, 0.1) is 7.11 Å². The molecule has 0 atom stereocenters. The summed E-state index contributed by atoms with van der Waals surface area (Å²) in [6.07, 6.45) is 0.967. The minimum Gasteiger partial charge on any atom is -0.463 e. The van der Waals surface area contributed by atoms with Crippen LogP contribution < -0.4 is 0 Å². The van der Waals surface area contributed by atoms with Crippen LogP contribution in [0.15, 0.2) is 16.5 Å². The molecule has 0 saturated heterocycles. The van der Waals surface area contributed by atoms with E-state index in [1.54, 1.807) is 0 Å². The summed E-state index contributed by atoms with van der Waals surface area (Å²) in [5.74, 6) is -1.78. The Morgan fingerprint density at radius 3 is 2.17 bits per heavy atom. The summed E-state index contributed by atoms with van der Waals surface area (Å²) in [4.78, 5) is 23.2. The lowest BCUT2D eigenvalue weighted by Crippen LogP contribution is -2.39. The molecule has 18 heavy (non-hydrogen) atoms. The van der Waals surface area contributed by atoms with Crippen molar-refractivity contribution in [1.82, 2.24) is 0 Å². The van der Waals surface area contributed by atoms with E-state index in [9.17, 15) is 18.0 Å². The van der Waals surface area contributed by atoms with Gasteiger partial charge in [0.1, 0.15) is 4.75 Å². The summed E-state index contributed by atoms with van der Waals surface area (Å²) >= 11 is 0. The van der Waals surface area contributed by atoms with Crippen LogP contribution in [-0.2, 0) is 14.6 Å². The van der Waals surface area contributed by atoms with Gasteiger partial charge >= 0.3 is 5.97 Å². The van der Waals surface area contributed by atoms with Gasteiger partial charge in [-0.25, -0.2) is 13.2 Å². The Labute approximate surface area is 105 Å². The summed E-state index contributed by atoms with van der Waals surface area (Å²) in [5, 5.41) is 0.